The van der Waals surface area contributed by atoms with E-state index in [1.165, 1.54) is 5.57 Å². The Bertz CT molecular complexity index is 156. The molecule has 64 valence electrons. The molecule has 2 atom stereocenters. The molecule has 0 heterocycles. The van der Waals surface area contributed by atoms with Crippen LogP contribution in [0.1, 0.15) is 33.6 Å². The maximum Gasteiger partial charge on any atom is 0.0722 e. The third-order valence-corrected chi connectivity index (χ3v) is 2.66. The predicted octanol–water partition coefficient (Wildman–Crippen LogP) is 2.36. The summed E-state index contributed by atoms with van der Waals surface area (Å²) < 4.78 is 0. The van der Waals surface area contributed by atoms with Crippen molar-refractivity contribution in [3.05, 3.63) is 11.6 Å². The average molecular weight is 154 g/mol. The van der Waals surface area contributed by atoms with Crippen LogP contribution in [0.15, 0.2) is 11.6 Å². The van der Waals surface area contributed by atoms with Crippen LogP contribution in [0.25, 0.3) is 0 Å². The summed E-state index contributed by atoms with van der Waals surface area (Å²) in [7, 11) is 0. The molecule has 0 aromatic carbocycles. The normalized spacial score (nSPS) is 27.4. The van der Waals surface area contributed by atoms with E-state index in [4.69, 9.17) is 0 Å². The van der Waals surface area contributed by atoms with Crippen LogP contribution in [0, 0.1) is 11.8 Å². The molecule has 1 aliphatic carbocycles. The lowest BCUT2D eigenvalue weighted by molar-refractivity contribution is 0.224. The van der Waals surface area contributed by atoms with Crippen molar-refractivity contribution in [3.63, 3.8) is 0 Å². The minimum absolute atomic E-state index is 0.223. The summed E-state index contributed by atoms with van der Waals surface area (Å²) in [6.45, 7) is 6.36. The summed E-state index contributed by atoms with van der Waals surface area (Å²) >= 11 is 0. The number of hydrogen-bond acceptors (Lipinski definition) is 1. The van der Waals surface area contributed by atoms with Crippen LogP contribution in [0.2, 0.25) is 0 Å². The lowest BCUT2D eigenvalue weighted by Gasteiger charge is -2.14. The highest BCUT2D eigenvalue weighted by Gasteiger charge is 2.21. The Balaban J connectivity index is 2.43. The Morgan fingerprint density at radius 3 is 2.36 bits per heavy atom. The zero-order valence-corrected chi connectivity index (χ0v) is 7.67. The summed E-state index contributed by atoms with van der Waals surface area (Å²) in [4.78, 5) is 0. The Hall–Kier alpha value is -0.300. The fourth-order valence-electron chi connectivity index (χ4n) is 1.62. The van der Waals surface area contributed by atoms with Crippen LogP contribution < -0.4 is 0 Å². The molecule has 1 nitrogen and oxygen atoms in total. The molecule has 0 aliphatic heterocycles. The molecule has 0 unspecified atom stereocenters. The van der Waals surface area contributed by atoms with E-state index >= 15 is 0 Å². The van der Waals surface area contributed by atoms with Gasteiger partial charge in [-0.05, 0) is 37.2 Å². The van der Waals surface area contributed by atoms with E-state index in [1.807, 2.05) is 6.92 Å². The third kappa shape index (κ3) is 2.06. The fraction of sp³-hybridized carbons (Fsp3) is 0.800. The zero-order chi connectivity index (χ0) is 8.43. The molecule has 0 aromatic rings. The number of hydrogen-bond donors (Lipinski definition) is 1. The molecule has 1 rings (SSSR count). The molecule has 0 radical (unpaired) electrons. The summed E-state index contributed by atoms with van der Waals surface area (Å²) in [5.74, 6) is 1.53. The summed E-state index contributed by atoms with van der Waals surface area (Å²) in [5, 5.41) is 9.28. The summed E-state index contributed by atoms with van der Waals surface area (Å²) in [5.41, 5.74) is 1.24. The van der Waals surface area contributed by atoms with Gasteiger partial charge in [-0.2, -0.15) is 0 Å². The van der Waals surface area contributed by atoms with E-state index in [1.54, 1.807) is 0 Å². The second-order valence-corrected chi connectivity index (χ2v) is 3.90. The largest absolute Gasteiger partial charge is 0.389 e. The van der Waals surface area contributed by atoms with Crippen molar-refractivity contribution in [1.82, 2.24) is 0 Å². The van der Waals surface area contributed by atoms with Gasteiger partial charge in [-0.3, -0.25) is 0 Å². The van der Waals surface area contributed by atoms with Gasteiger partial charge in [0.15, 0.2) is 0 Å². The van der Waals surface area contributed by atoms with Gasteiger partial charge in [-0.15, -0.1) is 0 Å². The molecule has 1 heteroatoms. The quantitative estimate of drug-likeness (QED) is 0.605. The molecule has 0 fully saturated rings. The van der Waals surface area contributed by atoms with E-state index < -0.39 is 0 Å². The van der Waals surface area contributed by atoms with Gasteiger partial charge in [0.1, 0.15) is 0 Å². The van der Waals surface area contributed by atoms with Crippen molar-refractivity contribution in [2.24, 2.45) is 11.8 Å². The minimum atomic E-state index is -0.223. The van der Waals surface area contributed by atoms with Crippen LogP contribution in [0.5, 0.6) is 0 Å². The van der Waals surface area contributed by atoms with Crippen LogP contribution >= 0.6 is 0 Å². The molecule has 0 saturated heterocycles. The summed E-state index contributed by atoms with van der Waals surface area (Å²) in [6, 6.07) is 0. The van der Waals surface area contributed by atoms with Crippen molar-refractivity contribution in [2.75, 3.05) is 0 Å². The van der Waals surface area contributed by atoms with E-state index in [0.717, 1.165) is 24.7 Å². The Morgan fingerprint density at radius 2 is 2.09 bits per heavy atom. The predicted molar refractivity (Wildman–Crippen MR) is 47.3 cm³/mol. The van der Waals surface area contributed by atoms with Gasteiger partial charge in [0.2, 0.25) is 0 Å². The van der Waals surface area contributed by atoms with Gasteiger partial charge in [0, 0.05) is 0 Å². The molecule has 1 aliphatic rings. The van der Waals surface area contributed by atoms with E-state index in [0.29, 0.717) is 0 Å². The molecule has 0 amide bonds. The molecule has 0 spiro atoms. The van der Waals surface area contributed by atoms with Gasteiger partial charge < -0.3 is 5.11 Å². The summed E-state index contributed by atoms with van der Waals surface area (Å²) in [6.07, 6.45) is 4.25. The van der Waals surface area contributed by atoms with Crippen molar-refractivity contribution < 1.29 is 5.11 Å². The standard InChI is InChI=1S/C10H18O/c1-7(2)9-4-5-10(6-9)8(3)11/h5,7-9,11H,4,6H2,1-3H3/t8-,9-/m0/s1. The van der Waals surface area contributed by atoms with Crippen LogP contribution in [-0.4, -0.2) is 11.2 Å². The third-order valence-electron chi connectivity index (χ3n) is 2.66. The van der Waals surface area contributed by atoms with Crippen molar-refractivity contribution in [3.8, 4) is 0 Å². The number of aliphatic hydroxyl groups excluding tert-OH is 1. The van der Waals surface area contributed by atoms with Crippen LogP contribution in [0.3, 0.4) is 0 Å². The van der Waals surface area contributed by atoms with Crippen molar-refractivity contribution >= 4 is 0 Å². The fourth-order valence-corrected chi connectivity index (χ4v) is 1.62. The number of aliphatic hydroxyl groups is 1. The highest BCUT2D eigenvalue weighted by atomic mass is 16.3. The van der Waals surface area contributed by atoms with Gasteiger partial charge in [0.25, 0.3) is 0 Å². The second kappa shape index (κ2) is 3.40. The minimum Gasteiger partial charge on any atom is -0.389 e. The lowest BCUT2D eigenvalue weighted by atomic mass is 9.92. The lowest BCUT2D eigenvalue weighted by Crippen LogP contribution is -2.08. The van der Waals surface area contributed by atoms with Crippen molar-refractivity contribution in [1.29, 1.82) is 0 Å². The highest BCUT2D eigenvalue weighted by molar-refractivity contribution is 5.14. The first-order valence-electron chi connectivity index (χ1n) is 4.48. The van der Waals surface area contributed by atoms with Gasteiger partial charge in [0.05, 0.1) is 6.10 Å². The first-order valence-corrected chi connectivity index (χ1v) is 4.48. The Kier molecular flexibility index (Phi) is 2.72. The van der Waals surface area contributed by atoms with E-state index in [-0.39, 0.29) is 6.10 Å². The highest BCUT2D eigenvalue weighted by Crippen LogP contribution is 2.32. The van der Waals surface area contributed by atoms with Gasteiger partial charge >= 0.3 is 0 Å². The van der Waals surface area contributed by atoms with Gasteiger partial charge in [-0.25, -0.2) is 0 Å². The zero-order valence-electron chi connectivity index (χ0n) is 7.67. The molecule has 0 aromatic heterocycles. The van der Waals surface area contributed by atoms with Crippen molar-refractivity contribution in [2.45, 2.75) is 39.7 Å². The Morgan fingerprint density at radius 1 is 1.45 bits per heavy atom. The topological polar surface area (TPSA) is 20.2 Å². The molecule has 1 N–H and O–H groups in total. The van der Waals surface area contributed by atoms with Crippen LogP contribution in [-0.2, 0) is 0 Å². The maximum atomic E-state index is 9.28. The molecule has 0 saturated carbocycles. The monoisotopic (exact) mass is 154 g/mol. The smallest absolute Gasteiger partial charge is 0.0722 e. The molecular formula is C10H18O. The first-order chi connectivity index (χ1) is 5.11. The maximum absolute atomic E-state index is 9.28. The molecule has 11 heavy (non-hydrogen) atoms. The number of rotatable bonds is 2. The van der Waals surface area contributed by atoms with E-state index in [2.05, 4.69) is 19.9 Å². The molecule has 0 bridgehead atoms. The van der Waals surface area contributed by atoms with E-state index in [9.17, 15) is 5.11 Å². The second-order valence-electron chi connectivity index (χ2n) is 3.90. The SMILES string of the molecule is CC(C)[C@H]1CC=C([C@H](C)O)C1. The average Bonchev–Trinajstić information content (AvgIpc) is 2.33. The van der Waals surface area contributed by atoms with Crippen LogP contribution in [0.4, 0.5) is 0 Å². The van der Waals surface area contributed by atoms with Gasteiger partial charge in [-0.1, -0.05) is 19.9 Å². The Labute approximate surface area is 69.1 Å². The number of allylic oxidation sites excluding steroid dienone is 1. The molecular weight excluding hydrogens is 136 g/mol. The first kappa shape index (κ1) is 8.79.